The summed E-state index contributed by atoms with van der Waals surface area (Å²) >= 11 is 0. The predicted octanol–water partition coefficient (Wildman–Crippen LogP) is 1.79. The molecule has 0 unspecified atom stereocenters. The lowest BCUT2D eigenvalue weighted by atomic mass is 10.2. The van der Waals surface area contributed by atoms with E-state index in [1.165, 1.54) is 24.3 Å². The molecule has 0 fully saturated rings. The summed E-state index contributed by atoms with van der Waals surface area (Å²) in [5, 5.41) is 1.73. The van der Waals surface area contributed by atoms with Crippen LogP contribution in [0.1, 0.15) is 5.56 Å². The van der Waals surface area contributed by atoms with Gasteiger partial charge in [0.1, 0.15) is 0 Å². The molecule has 0 aromatic heterocycles. The summed E-state index contributed by atoms with van der Waals surface area (Å²) in [4.78, 5) is 10.8. The van der Waals surface area contributed by atoms with Gasteiger partial charge in [-0.25, -0.2) is 8.78 Å². The first-order chi connectivity index (χ1) is 7.84. The average Bonchev–Trinajstić information content (AvgIpc) is 2.27. The van der Waals surface area contributed by atoms with Crippen LogP contribution >= 0.6 is 0 Å². The molecule has 0 aliphatic rings. The van der Waals surface area contributed by atoms with Gasteiger partial charge in [0.2, 0.25) is 0 Å². The minimum absolute atomic E-state index is 0.262. The molecule has 0 bridgehead atoms. The lowest BCUT2D eigenvalue weighted by Gasteiger charge is -2.14. The number of carbonyl (C=O) groups excluding carboxylic acids is 1. The number of hydrogen-bond acceptors (Lipinski definition) is 2. The Labute approximate surface area is 94.6 Å². The van der Waals surface area contributed by atoms with Crippen LogP contribution in [0.2, 0.25) is 0 Å². The van der Waals surface area contributed by atoms with Gasteiger partial charge in [-0.1, -0.05) is 12.1 Å². The lowest BCUT2D eigenvalue weighted by Crippen LogP contribution is -2.44. The topological polar surface area (TPSA) is 55.1 Å². The average molecular weight is 250 g/mol. The summed E-state index contributed by atoms with van der Waals surface area (Å²) in [6, 6.07) is 6.01. The predicted molar refractivity (Wildman–Crippen MR) is 53.7 cm³/mol. The number of anilines is 1. The van der Waals surface area contributed by atoms with Gasteiger partial charge in [-0.05, 0) is 17.7 Å². The Hall–Kier alpha value is -1.79. The maximum atomic E-state index is 12.5. The van der Waals surface area contributed by atoms with Crippen molar-refractivity contribution in [3.05, 3.63) is 29.8 Å². The maximum Gasteiger partial charge on any atom is 0.383 e. The second-order valence-electron chi connectivity index (χ2n) is 3.35. The molecule has 1 rings (SSSR count). The van der Waals surface area contributed by atoms with Crippen molar-refractivity contribution in [3.63, 3.8) is 0 Å². The van der Waals surface area contributed by atoms with E-state index < -0.39 is 18.3 Å². The molecule has 1 aromatic rings. The van der Waals surface area contributed by atoms with Crippen molar-refractivity contribution in [2.24, 2.45) is 0 Å². The molecule has 17 heavy (non-hydrogen) atoms. The highest BCUT2D eigenvalue weighted by Gasteiger charge is 2.48. The summed E-state index contributed by atoms with van der Waals surface area (Å²) in [5.41, 5.74) is 6.34. The third-order valence-corrected chi connectivity index (χ3v) is 2.01. The quantitative estimate of drug-likeness (QED) is 0.632. The third kappa shape index (κ3) is 3.33. The number of hydrogen-bond donors (Lipinski definition) is 2. The van der Waals surface area contributed by atoms with Crippen LogP contribution < -0.4 is 11.1 Å². The highest BCUT2D eigenvalue weighted by molar-refractivity contribution is 5.83. The van der Waals surface area contributed by atoms with Crippen LogP contribution in [-0.2, 0) is 11.3 Å². The van der Waals surface area contributed by atoms with E-state index in [0.717, 1.165) is 0 Å². The summed E-state index contributed by atoms with van der Waals surface area (Å²) < 4.78 is 48.7. The normalized spacial score (nSPS) is 11.6. The summed E-state index contributed by atoms with van der Waals surface area (Å²) in [5.74, 6) is -6.67. The van der Waals surface area contributed by atoms with Crippen molar-refractivity contribution >= 4 is 11.6 Å². The number of amides is 1. The molecule has 0 spiro atoms. The smallest absolute Gasteiger partial charge is 0.383 e. The maximum absolute atomic E-state index is 12.5. The molecule has 3 nitrogen and oxygen atoms in total. The van der Waals surface area contributed by atoms with E-state index >= 15 is 0 Å². The van der Waals surface area contributed by atoms with Gasteiger partial charge >= 0.3 is 12.3 Å². The van der Waals surface area contributed by atoms with Crippen LogP contribution in [0.25, 0.3) is 0 Å². The number of halogens is 4. The second kappa shape index (κ2) is 5.03. The van der Waals surface area contributed by atoms with Crippen LogP contribution in [0.5, 0.6) is 0 Å². The zero-order chi connectivity index (χ0) is 13.1. The van der Waals surface area contributed by atoms with Crippen molar-refractivity contribution < 1.29 is 22.4 Å². The molecule has 0 heterocycles. The van der Waals surface area contributed by atoms with E-state index in [-0.39, 0.29) is 6.54 Å². The van der Waals surface area contributed by atoms with Crippen LogP contribution in [0, 0.1) is 0 Å². The van der Waals surface area contributed by atoms with E-state index in [0.29, 0.717) is 11.3 Å². The highest BCUT2D eigenvalue weighted by Crippen LogP contribution is 2.22. The molecule has 1 amide bonds. The minimum Gasteiger partial charge on any atom is -0.399 e. The first kappa shape index (κ1) is 13.3. The van der Waals surface area contributed by atoms with Crippen LogP contribution in [0.15, 0.2) is 24.3 Å². The number of rotatable bonds is 4. The monoisotopic (exact) mass is 250 g/mol. The van der Waals surface area contributed by atoms with Gasteiger partial charge in [0, 0.05) is 12.2 Å². The molecular weight excluding hydrogens is 240 g/mol. The third-order valence-electron chi connectivity index (χ3n) is 2.01. The fourth-order valence-electron chi connectivity index (χ4n) is 1.03. The lowest BCUT2D eigenvalue weighted by molar-refractivity contribution is -0.169. The van der Waals surface area contributed by atoms with Gasteiger partial charge in [-0.2, -0.15) is 8.78 Å². The molecular formula is C10H10F4N2O. The fourth-order valence-corrected chi connectivity index (χ4v) is 1.03. The van der Waals surface area contributed by atoms with E-state index in [2.05, 4.69) is 0 Å². The van der Waals surface area contributed by atoms with Crippen LogP contribution in [-0.4, -0.2) is 18.3 Å². The van der Waals surface area contributed by atoms with E-state index in [1.54, 1.807) is 5.32 Å². The fraction of sp³-hybridized carbons (Fsp3) is 0.300. The first-order valence-corrected chi connectivity index (χ1v) is 4.62. The van der Waals surface area contributed by atoms with E-state index in [9.17, 15) is 22.4 Å². The van der Waals surface area contributed by atoms with Gasteiger partial charge < -0.3 is 11.1 Å². The molecule has 0 saturated heterocycles. The van der Waals surface area contributed by atoms with Crippen molar-refractivity contribution in [1.29, 1.82) is 0 Å². The minimum atomic E-state index is -4.67. The molecule has 0 saturated carbocycles. The molecule has 94 valence electrons. The zero-order valence-electron chi connectivity index (χ0n) is 8.59. The van der Waals surface area contributed by atoms with Gasteiger partial charge in [-0.15, -0.1) is 0 Å². The Morgan fingerprint density at radius 2 is 1.82 bits per heavy atom. The Morgan fingerprint density at radius 1 is 1.29 bits per heavy atom. The highest BCUT2D eigenvalue weighted by atomic mass is 19.3. The van der Waals surface area contributed by atoms with Crippen molar-refractivity contribution in [2.45, 2.75) is 18.9 Å². The SMILES string of the molecule is Nc1ccc(CNC(=O)C(F)(F)C(F)F)cc1. The molecule has 1 aromatic carbocycles. The van der Waals surface area contributed by atoms with Gasteiger partial charge in [0.25, 0.3) is 5.91 Å². The standard InChI is InChI=1S/C10H10F4N2O/c11-8(12)10(13,14)9(17)16-5-6-1-3-7(15)4-2-6/h1-4,8H,5,15H2,(H,16,17). The van der Waals surface area contributed by atoms with Crippen molar-refractivity contribution in [1.82, 2.24) is 5.32 Å². The van der Waals surface area contributed by atoms with E-state index in [1.807, 2.05) is 0 Å². The van der Waals surface area contributed by atoms with Gasteiger partial charge in [0.15, 0.2) is 0 Å². The van der Waals surface area contributed by atoms with Crippen molar-refractivity contribution in [3.8, 4) is 0 Å². The largest absolute Gasteiger partial charge is 0.399 e. The summed E-state index contributed by atoms with van der Waals surface area (Å²) in [6.07, 6.45) is -4.02. The molecule has 3 N–H and O–H groups in total. The van der Waals surface area contributed by atoms with Gasteiger partial charge in [0.05, 0.1) is 0 Å². The number of nitrogen functional groups attached to an aromatic ring is 1. The number of nitrogens with one attached hydrogen (secondary N) is 1. The number of benzene rings is 1. The Bertz CT molecular complexity index is 392. The van der Waals surface area contributed by atoms with Gasteiger partial charge in [-0.3, -0.25) is 4.79 Å². The first-order valence-electron chi connectivity index (χ1n) is 4.62. The van der Waals surface area contributed by atoms with Crippen LogP contribution in [0.3, 0.4) is 0 Å². The van der Waals surface area contributed by atoms with E-state index in [4.69, 9.17) is 5.73 Å². The number of nitrogens with two attached hydrogens (primary N) is 1. The van der Waals surface area contributed by atoms with Crippen molar-refractivity contribution in [2.75, 3.05) is 5.73 Å². The second-order valence-corrected chi connectivity index (χ2v) is 3.35. The Morgan fingerprint density at radius 3 is 2.29 bits per heavy atom. The van der Waals surface area contributed by atoms with Crippen LogP contribution in [0.4, 0.5) is 23.2 Å². The Balaban J connectivity index is 2.57. The summed E-state index contributed by atoms with van der Waals surface area (Å²) in [7, 11) is 0. The zero-order valence-corrected chi connectivity index (χ0v) is 8.59. The number of carbonyl (C=O) groups is 1. The number of alkyl halides is 4. The summed E-state index contributed by atoms with van der Waals surface area (Å²) in [6.45, 7) is -0.262. The molecule has 0 aliphatic carbocycles. The molecule has 7 heteroatoms. The molecule has 0 atom stereocenters. The molecule has 0 aliphatic heterocycles. The molecule has 0 radical (unpaired) electrons. The Kier molecular flexibility index (Phi) is 3.93.